The van der Waals surface area contributed by atoms with E-state index in [0.29, 0.717) is 0 Å². The quantitative estimate of drug-likeness (QED) is 0.456. The summed E-state index contributed by atoms with van der Waals surface area (Å²) in [4.78, 5) is 27.3. The summed E-state index contributed by atoms with van der Waals surface area (Å²) in [6, 6.07) is 7.35. The van der Waals surface area contributed by atoms with E-state index in [0.717, 1.165) is 11.4 Å². The molecule has 1 aliphatic rings. The number of para-hydroxylation sites is 2. The van der Waals surface area contributed by atoms with Gasteiger partial charge in [-0.05, 0) is 17.5 Å². The van der Waals surface area contributed by atoms with Crippen molar-refractivity contribution in [2.45, 2.75) is 51.6 Å². The van der Waals surface area contributed by atoms with Gasteiger partial charge in [-0.1, -0.05) is 45.1 Å². The molecule has 1 aliphatic heterocycles. The minimum Gasteiger partial charge on any atom is -0.387 e. The molecule has 2 rings (SSSR count). The number of amides is 1. The van der Waals surface area contributed by atoms with Crippen molar-refractivity contribution in [1.82, 2.24) is 0 Å². The molecule has 0 unspecified atom stereocenters. The van der Waals surface area contributed by atoms with Crippen LogP contribution in [0.25, 0.3) is 0 Å². The highest BCUT2D eigenvalue weighted by Crippen LogP contribution is 2.30. The van der Waals surface area contributed by atoms with Crippen LogP contribution in [-0.4, -0.2) is 72.1 Å². The van der Waals surface area contributed by atoms with Crippen molar-refractivity contribution in [2.24, 2.45) is 11.3 Å². The van der Waals surface area contributed by atoms with Crippen LogP contribution < -0.4 is 10.2 Å². The van der Waals surface area contributed by atoms with Gasteiger partial charge in [0.2, 0.25) is 5.91 Å². The maximum atomic E-state index is 12.9. The fourth-order valence-electron chi connectivity index (χ4n) is 3.49. The fraction of sp³-hybridized carbons (Fsp3) is 0.565. The van der Waals surface area contributed by atoms with Crippen molar-refractivity contribution in [3.8, 4) is 0 Å². The van der Waals surface area contributed by atoms with Crippen molar-refractivity contribution in [2.75, 3.05) is 30.9 Å². The number of nitrogens with one attached hydrogen (secondary N) is 1. The van der Waals surface area contributed by atoms with Crippen molar-refractivity contribution in [1.29, 1.82) is 0 Å². The molecule has 31 heavy (non-hydrogen) atoms. The molecule has 0 radical (unpaired) electrons. The average Bonchev–Trinajstić information content (AvgIpc) is 2.83. The zero-order chi connectivity index (χ0) is 23.3. The van der Waals surface area contributed by atoms with E-state index in [1.165, 1.54) is 18.1 Å². The number of benzene rings is 1. The number of carbonyl (C=O) groups excluding carboxylic acids is 2. The summed E-state index contributed by atoms with van der Waals surface area (Å²) in [6.45, 7) is 6.02. The molecule has 0 fully saturated rings. The molecule has 8 heteroatoms. The van der Waals surface area contributed by atoms with Crippen LogP contribution >= 0.6 is 0 Å². The molecular formula is C23H34N2O6. The lowest BCUT2D eigenvalue weighted by atomic mass is 9.91. The van der Waals surface area contributed by atoms with Crippen LogP contribution in [0, 0.1) is 11.3 Å². The number of hydrogen-bond acceptors (Lipinski definition) is 7. The third-order valence-electron chi connectivity index (χ3n) is 5.31. The van der Waals surface area contributed by atoms with Crippen molar-refractivity contribution >= 4 is 23.1 Å². The number of allylic oxidation sites excluding steroid dienone is 1. The van der Waals surface area contributed by atoms with Crippen LogP contribution in [0.3, 0.4) is 0 Å². The Bertz CT molecular complexity index is 804. The molecule has 0 saturated carbocycles. The van der Waals surface area contributed by atoms with Crippen LogP contribution in [0.5, 0.6) is 0 Å². The average molecular weight is 435 g/mol. The first-order valence-electron chi connectivity index (χ1n) is 10.4. The van der Waals surface area contributed by atoms with Gasteiger partial charge in [0.1, 0.15) is 24.4 Å². The van der Waals surface area contributed by atoms with Gasteiger partial charge in [0.25, 0.3) is 0 Å². The van der Waals surface area contributed by atoms with E-state index in [9.17, 15) is 24.9 Å². The third-order valence-corrected chi connectivity index (χ3v) is 5.31. The molecular weight excluding hydrogens is 400 g/mol. The number of Topliss-reactive ketones (excluding diaryl/α,β-unsaturated/α-hetero) is 1. The van der Waals surface area contributed by atoms with Gasteiger partial charge in [-0.25, -0.2) is 0 Å². The molecule has 5 atom stereocenters. The highest BCUT2D eigenvalue weighted by Gasteiger charge is 2.38. The highest BCUT2D eigenvalue weighted by atomic mass is 16.5. The number of methoxy groups -OCH3 is 1. The minimum atomic E-state index is -1.65. The Morgan fingerprint density at radius 2 is 1.90 bits per heavy atom. The lowest BCUT2D eigenvalue weighted by Crippen LogP contribution is -2.49. The van der Waals surface area contributed by atoms with Gasteiger partial charge in [0.05, 0.1) is 17.3 Å². The number of carbonyl (C=O) groups is 2. The molecule has 0 spiro atoms. The summed E-state index contributed by atoms with van der Waals surface area (Å²) in [7, 11) is 2.89. The zero-order valence-corrected chi connectivity index (χ0v) is 18.8. The summed E-state index contributed by atoms with van der Waals surface area (Å²) in [6.07, 6.45) is -3.11. The summed E-state index contributed by atoms with van der Waals surface area (Å²) in [5, 5.41) is 34.2. The molecule has 0 bridgehead atoms. The maximum absolute atomic E-state index is 12.9. The Morgan fingerprint density at radius 1 is 1.26 bits per heavy atom. The molecule has 4 N–H and O–H groups in total. The Morgan fingerprint density at radius 3 is 2.52 bits per heavy atom. The Kier molecular flexibility index (Phi) is 8.36. The largest absolute Gasteiger partial charge is 0.387 e. The van der Waals surface area contributed by atoms with Crippen molar-refractivity contribution < 1.29 is 29.6 Å². The number of hydrogen-bond donors (Lipinski definition) is 4. The second kappa shape index (κ2) is 10.4. The number of ketones is 1. The predicted octanol–water partition coefficient (Wildman–Crippen LogP) is 1.35. The number of fused-ring (bicyclic) bond motifs is 1. The lowest BCUT2D eigenvalue weighted by molar-refractivity contribution is -0.148. The number of rotatable bonds is 8. The lowest BCUT2D eigenvalue weighted by Gasteiger charge is -2.28. The zero-order valence-electron chi connectivity index (χ0n) is 18.8. The minimum absolute atomic E-state index is 0.180. The summed E-state index contributed by atoms with van der Waals surface area (Å²) < 4.78 is 5.15. The first-order chi connectivity index (χ1) is 14.5. The summed E-state index contributed by atoms with van der Waals surface area (Å²) >= 11 is 0. The number of ether oxygens (including phenoxy) is 1. The predicted molar refractivity (Wildman–Crippen MR) is 119 cm³/mol. The van der Waals surface area contributed by atoms with Gasteiger partial charge in [-0.15, -0.1) is 0 Å². The Hall–Kier alpha value is -2.26. The summed E-state index contributed by atoms with van der Waals surface area (Å²) in [5.41, 5.74) is 1.29. The fourth-order valence-corrected chi connectivity index (χ4v) is 3.49. The Balaban J connectivity index is 2.08. The molecule has 0 aromatic heterocycles. The Labute approximate surface area is 183 Å². The van der Waals surface area contributed by atoms with Crippen LogP contribution in [0.15, 0.2) is 36.4 Å². The molecule has 8 nitrogen and oxygen atoms in total. The van der Waals surface area contributed by atoms with Gasteiger partial charge < -0.3 is 30.3 Å². The molecule has 1 aromatic carbocycles. The molecule has 0 aliphatic carbocycles. The molecule has 1 amide bonds. The maximum Gasteiger partial charge on any atom is 0.232 e. The highest BCUT2D eigenvalue weighted by molar-refractivity contribution is 6.01. The molecule has 172 valence electrons. The number of anilines is 2. The normalized spacial score (nSPS) is 21.1. The smallest absolute Gasteiger partial charge is 0.232 e. The van der Waals surface area contributed by atoms with Crippen LogP contribution in [-0.2, 0) is 14.3 Å². The first-order valence-corrected chi connectivity index (χ1v) is 10.4. The van der Waals surface area contributed by atoms with E-state index < -0.39 is 36.1 Å². The van der Waals surface area contributed by atoms with Gasteiger partial charge in [0, 0.05) is 27.1 Å². The van der Waals surface area contributed by atoms with Gasteiger partial charge >= 0.3 is 0 Å². The second-order valence-corrected chi connectivity index (χ2v) is 9.02. The molecule has 1 aromatic rings. The van der Waals surface area contributed by atoms with E-state index in [1.807, 2.05) is 45.0 Å². The van der Waals surface area contributed by atoms with E-state index >= 15 is 0 Å². The topological polar surface area (TPSA) is 119 Å². The van der Waals surface area contributed by atoms with E-state index in [1.54, 1.807) is 13.1 Å². The SMILES string of the molecule is CO[C@@H](C(=O)C[C@H]1CNc2ccccc2N(C)C1=O)[C@H](O)[C@@H](O)[C@H](O)/C=C/C(C)(C)C. The van der Waals surface area contributed by atoms with Gasteiger partial charge in [-0.3, -0.25) is 9.59 Å². The summed E-state index contributed by atoms with van der Waals surface area (Å²) in [5.74, 6) is -1.43. The van der Waals surface area contributed by atoms with E-state index in [4.69, 9.17) is 4.74 Å². The number of aliphatic hydroxyl groups is 3. The first kappa shape index (κ1) is 25.0. The van der Waals surface area contributed by atoms with Gasteiger partial charge in [-0.2, -0.15) is 0 Å². The number of aliphatic hydroxyl groups excluding tert-OH is 3. The monoisotopic (exact) mass is 434 g/mol. The standard InChI is InChI=1S/C23H34N2O6/c1-23(2,3)11-10-17(26)19(28)20(29)21(31-5)18(27)12-14-13-24-15-8-6-7-9-16(15)25(4)22(14)30/h6-11,14,17,19-21,24,26,28-29H,12-13H2,1-5H3/b11-10+/t14-,17+,19-,20+,21-/m0/s1. The third kappa shape index (κ3) is 6.36. The molecule has 1 heterocycles. The van der Waals surface area contributed by atoms with Crippen molar-refractivity contribution in [3.63, 3.8) is 0 Å². The second-order valence-electron chi connectivity index (χ2n) is 9.02. The van der Waals surface area contributed by atoms with E-state index in [-0.39, 0.29) is 24.3 Å². The molecule has 0 saturated heterocycles. The number of nitrogens with zero attached hydrogens (tertiary/aromatic N) is 1. The van der Waals surface area contributed by atoms with E-state index in [2.05, 4.69) is 5.32 Å². The van der Waals surface area contributed by atoms with Gasteiger partial charge in [0.15, 0.2) is 5.78 Å². The van der Waals surface area contributed by atoms with Crippen molar-refractivity contribution in [3.05, 3.63) is 36.4 Å². The van der Waals surface area contributed by atoms with Crippen LogP contribution in [0.1, 0.15) is 27.2 Å². The van der Waals surface area contributed by atoms with Crippen LogP contribution in [0.4, 0.5) is 11.4 Å². The van der Waals surface area contributed by atoms with Crippen LogP contribution in [0.2, 0.25) is 0 Å².